The number of carbonyl (C=O) groups is 1. The van der Waals surface area contributed by atoms with Crippen LogP contribution in [0.3, 0.4) is 0 Å². The number of nitrogens with zero attached hydrogens (tertiary/aromatic N) is 3. The third-order valence-corrected chi connectivity index (χ3v) is 2.57. The second-order valence-electron chi connectivity index (χ2n) is 4.02. The number of ether oxygens (including phenoxy) is 1. The van der Waals surface area contributed by atoms with Gasteiger partial charge in [-0.25, -0.2) is 4.79 Å². The number of hydrogen-bond acceptors (Lipinski definition) is 5. The van der Waals surface area contributed by atoms with Crippen LogP contribution < -0.4 is 4.74 Å². The molecule has 8 nitrogen and oxygen atoms in total. The molecule has 0 aliphatic heterocycles. The molecule has 2 rings (SSSR count). The minimum absolute atomic E-state index is 0.0458. The Hall–Kier alpha value is -2.90. The zero-order chi connectivity index (χ0) is 14.7. The van der Waals surface area contributed by atoms with E-state index in [1.807, 2.05) is 0 Å². The fourth-order valence-corrected chi connectivity index (χ4v) is 1.71. The highest BCUT2D eigenvalue weighted by Gasteiger charge is 2.24. The van der Waals surface area contributed by atoms with Crippen LogP contribution in [0.5, 0.6) is 5.75 Å². The van der Waals surface area contributed by atoms with E-state index >= 15 is 0 Å². The number of nitro benzene ring substituents is 1. The van der Waals surface area contributed by atoms with Crippen molar-refractivity contribution in [3.8, 4) is 5.75 Å². The molecular formula is C12H11N3O5. The van der Waals surface area contributed by atoms with Crippen molar-refractivity contribution in [3.05, 3.63) is 51.8 Å². The topological polar surface area (TPSA) is 107 Å². The molecular weight excluding hydrogens is 266 g/mol. The van der Waals surface area contributed by atoms with Crippen molar-refractivity contribution in [2.24, 2.45) is 7.05 Å². The summed E-state index contributed by atoms with van der Waals surface area (Å²) in [6, 6.07) is 3.89. The molecule has 0 aliphatic carbocycles. The van der Waals surface area contributed by atoms with Crippen LogP contribution >= 0.6 is 0 Å². The molecule has 2 aromatic rings. The Morgan fingerprint density at radius 2 is 2.30 bits per heavy atom. The van der Waals surface area contributed by atoms with Crippen LogP contribution in [0, 0.1) is 10.1 Å². The normalized spacial score (nSPS) is 10.2. The van der Waals surface area contributed by atoms with Crippen molar-refractivity contribution in [3.63, 3.8) is 0 Å². The van der Waals surface area contributed by atoms with E-state index in [1.54, 1.807) is 24.1 Å². The Balaban J connectivity index is 2.29. The van der Waals surface area contributed by atoms with Crippen LogP contribution in [0.2, 0.25) is 0 Å². The molecule has 0 spiro atoms. The first-order valence-electron chi connectivity index (χ1n) is 5.60. The first kappa shape index (κ1) is 13.5. The maximum Gasteiger partial charge on any atom is 0.346 e. The Bertz CT molecular complexity index is 665. The minimum Gasteiger partial charge on any atom is -0.488 e. The predicted molar refractivity (Wildman–Crippen MR) is 67.6 cm³/mol. The van der Waals surface area contributed by atoms with Gasteiger partial charge in [0.1, 0.15) is 12.4 Å². The summed E-state index contributed by atoms with van der Waals surface area (Å²) in [5.41, 5.74) is -0.224. The molecule has 1 N–H and O–H groups in total. The quantitative estimate of drug-likeness (QED) is 0.657. The first-order chi connectivity index (χ1) is 9.49. The van der Waals surface area contributed by atoms with Crippen molar-refractivity contribution in [1.29, 1.82) is 0 Å². The van der Waals surface area contributed by atoms with Crippen molar-refractivity contribution in [2.75, 3.05) is 0 Å². The van der Waals surface area contributed by atoms with Crippen molar-refractivity contribution in [1.82, 2.24) is 9.78 Å². The van der Waals surface area contributed by atoms with Gasteiger partial charge in [0.15, 0.2) is 5.56 Å². The summed E-state index contributed by atoms with van der Waals surface area (Å²) in [7, 11) is 1.74. The molecule has 1 heterocycles. The van der Waals surface area contributed by atoms with E-state index in [2.05, 4.69) is 5.10 Å². The summed E-state index contributed by atoms with van der Waals surface area (Å²) in [5.74, 6) is -1.45. The van der Waals surface area contributed by atoms with Gasteiger partial charge in [0, 0.05) is 24.9 Å². The van der Waals surface area contributed by atoms with Gasteiger partial charge in [-0.3, -0.25) is 14.8 Å². The molecule has 0 unspecified atom stereocenters. The molecule has 0 atom stereocenters. The lowest BCUT2D eigenvalue weighted by Gasteiger charge is -2.08. The number of rotatable bonds is 5. The molecule has 1 aromatic heterocycles. The standard InChI is InChI=1S/C12H11N3O5/c1-14-6-8(5-13-14)7-20-10-4-2-3-9(15(18)19)11(10)12(16)17/h2-6H,7H2,1H3,(H,16,17). The Labute approximate surface area is 113 Å². The van der Waals surface area contributed by atoms with Crippen LogP contribution in [0.25, 0.3) is 0 Å². The van der Waals surface area contributed by atoms with E-state index in [4.69, 9.17) is 9.84 Å². The Morgan fingerprint density at radius 3 is 2.85 bits per heavy atom. The highest BCUT2D eigenvalue weighted by Crippen LogP contribution is 2.28. The second-order valence-corrected chi connectivity index (χ2v) is 4.02. The van der Waals surface area contributed by atoms with Gasteiger partial charge in [0.25, 0.3) is 5.69 Å². The number of carboxylic acids is 1. The van der Waals surface area contributed by atoms with Gasteiger partial charge in [-0.15, -0.1) is 0 Å². The number of hydrogen-bond donors (Lipinski definition) is 1. The number of nitro groups is 1. The van der Waals surface area contributed by atoms with Crippen molar-refractivity contribution < 1.29 is 19.6 Å². The van der Waals surface area contributed by atoms with Gasteiger partial charge in [-0.2, -0.15) is 5.10 Å². The predicted octanol–water partition coefficient (Wildman–Crippen LogP) is 1.61. The molecule has 1 aromatic carbocycles. The summed E-state index contributed by atoms with van der Waals surface area (Å²) in [5, 5.41) is 23.9. The first-order valence-corrected chi connectivity index (χ1v) is 5.60. The Morgan fingerprint density at radius 1 is 1.55 bits per heavy atom. The van der Waals surface area contributed by atoms with Gasteiger partial charge in [-0.05, 0) is 6.07 Å². The second kappa shape index (κ2) is 5.39. The summed E-state index contributed by atoms with van der Waals surface area (Å²) in [4.78, 5) is 21.2. The maximum atomic E-state index is 11.2. The maximum absolute atomic E-state index is 11.2. The van der Waals surface area contributed by atoms with E-state index < -0.39 is 22.1 Å². The van der Waals surface area contributed by atoms with E-state index in [0.717, 1.165) is 11.6 Å². The lowest BCUT2D eigenvalue weighted by molar-refractivity contribution is -0.385. The summed E-state index contributed by atoms with van der Waals surface area (Å²) in [6.45, 7) is 0.0787. The number of aromatic nitrogens is 2. The lowest BCUT2D eigenvalue weighted by Crippen LogP contribution is -2.07. The summed E-state index contributed by atoms with van der Waals surface area (Å²) < 4.78 is 6.92. The number of aromatic carboxylic acids is 1. The highest BCUT2D eigenvalue weighted by atomic mass is 16.6. The van der Waals surface area contributed by atoms with Gasteiger partial charge < -0.3 is 9.84 Å². The fourth-order valence-electron chi connectivity index (χ4n) is 1.71. The highest BCUT2D eigenvalue weighted by molar-refractivity contribution is 5.95. The van der Waals surface area contributed by atoms with Crippen molar-refractivity contribution in [2.45, 2.75) is 6.61 Å². The van der Waals surface area contributed by atoms with Crippen LogP contribution in [-0.2, 0) is 13.7 Å². The fraction of sp³-hybridized carbons (Fsp3) is 0.167. The third-order valence-electron chi connectivity index (χ3n) is 2.57. The zero-order valence-corrected chi connectivity index (χ0v) is 10.5. The van der Waals surface area contributed by atoms with E-state index in [0.29, 0.717) is 0 Å². The summed E-state index contributed by atoms with van der Waals surface area (Å²) in [6.07, 6.45) is 3.27. The molecule has 0 saturated heterocycles. The monoisotopic (exact) mass is 277 g/mol. The molecule has 0 aliphatic rings. The SMILES string of the molecule is Cn1cc(COc2cccc([N+](=O)[O-])c2C(=O)O)cn1. The molecule has 0 amide bonds. The van der Waals surface area contributed by atoms with Gasteiger partial charge in [-0.1, -0.05) is 6.07 Å². The van der Waals surface area contributed by atoms with Crippen molar-refractivity contribution >= 4 is 11.7 Å². The van der Waals surface area contributed by atoms with Gasteiger partial charge in [0.2, 0.25) is 0 Å². The molecule has 0 bridgehead atoms. The summed E-state index contributed by atoms with van der Waals surface area (Å²) >= 11 is 0. The molecule has 0 saturated carbocycles. The largest absolute Gasteiger partial charge is 0.488 e. The third kappa shape index (κ3) is 2.74. The number of aryl methyl sites for hydroxylation is 1. The van der Waals surface area contributed by atoms with E-state index in [1.165, 1.54) is 12.1 Å². The molecule has 0 fully saturated rings. The van der Waals surface area contributed by atoms with E-state index in [-0.39, 0.29) is 12.4 Å². The van der Waals surface area contributed by atoms with Gasteiger partial charge >= 0.3 is 5.97 Å². The molecule has 0 radical (unpaired) electrons. The average molecular weight is 277 g/mol. The van der Waals surface area contributed by atoms with Crippen LogP contribution in [-0.4, -0.2) is 25.8 Å². The average Bonchev–Trinajstić information content (AvgIpc) is 2.81. The molecule has 104 valence electrons. The van der Waals surface area contributed by atoms with Crippen LogP contribution in [0.15, 0.2) is 30.6 Å². The smallest absolute Gasteiger partial charge is 0.346 e. The van der Waals surface area contributed by atoms with E-state index in [9.17, 15) is 14.9 Å². The lowest BCUT2D eigenvalue weighted by atomic mass is 10.1. The number of benzene rings is 1. The number of carboxylic acid groups (broad SMARTS) is 1. The molecule has 8 heteroatoms. The zero-order valence-electron chi connectivity index (χ0n) is 10.5. The Kier molecular flexibility index (Phi) is 3.65. The van der Waals surface area contributed by atoms with Gasteiger partial charge in [0.05, 0.1) is 11.1 Å². The minimum atomic E-state index is -1.40. The molecule has 20 heavy (non-hydrogen) atoms. The van der Waals surface area contributed by atoms with Crippen LogP contribution in [0.1, 0.15) is 15.9 Å². The van der Waals surface area contributed by atoms with Crippen LogP contribution in [0.4, 0.5) is 5.69 Å².